The number of para-hydroxylation sites is 3. The molecule has 15 N–H and O–H groups in total. The maximum Gasteiger partial charge on any atom is 0.246 e. The number of rotatable bonds is 27. The van der Waals surface area contributed by atoms with Crippen molar-refractivity contribution in [1.82, 2.24) is 30.9 Å². The minimum Gasteiger partial charge on any atom is -0.361 e. The third-order valence-corrected chi connectivity index (χ3v) is 14.7. The third-order valence-electron chi connectivity index (χ3n) is 14.7. The highest BCUT2D eigenvalue weighted by molar-refractivity contribution is 6.00. The van der Waals surface area contributed by atoms with Crippen LogP contribution < -0.4 is 49.1 Å². The number of hydrogen-bond donors (Lipinski definition) is 12. The molecule has 18 heteroatoms. The molecule has 9 aromatic rings. The zero-order valence-corrected chi connectivity index (χ0v) is 45.6. The molecular formula is C64H70N12O6. The van der Waals surface area contributed by atoms with Crippen molar-refractivity contribution in [3.05, 3.63) is 198 Å². The van der Waals surface area contributed by atoms with E-state index in [2.05, 4.69) is 46.9 Å². The zero-order valence-electron chi connectivity index (χ0n) is 45.6. The molecule has 0 radical (unpaired) electrons. The molecule has 0 fully saturated rings. The molecule has 6 aromatic carbocycles. The lowest BCUT2D eigenvalue weighted by atomic mass is 9.85. The molecule has 0 aliphatic heterocycles. The average Bonchev–Trinajstić information content (AvgIpc) is 4.37. The lowest BCUT2D eigenvalue weighted by Crippen LogP contribution is -2.44. The second kappa shape index (κ2) is 27.7. The summed E-state index contributed by atoms with van der Waals surface area (Å²) in [6.45, 7) is 1.04. The Morgan fingerprint density at radius 3 is 0.902 bits per heavy atom. The summed E-state index contributed by atoms with van der Waals surface area (Å²) >= 11 is 0. The Balaban J connectivity index is 0.916. The molecule has 18 nitrogen and oxygen atoms in total. The quantitative estimate of drug-likeness (QED) is 0.0226. The fraction of sp³-hybridized carbons (Fsp3) is 0.250. The van der Waals surface area contributed by atoms with Gasteiger partial charge in [0.1, 0.15) is 18.1 Å². The van der Waals surface area contributed by atoms with Gasteiger partial charge in [0, 0.05) is 74.3 Å². The number of hydrogen-bond acceptors (Lipinski definition) is 9. The Morgan fingerprint density at radius 1 is 0.366 bits per heavy atom. The van der Waals surface area contributed by atoms with Crippen molar-refractivity contribution in [2.75, 3.05) is 35.6 Å². The molecule has 0 aliphatic carbocycles. The van der Waals surface area contributed by atoms with Gasteiger partial charge in [0.15, 0.2) is 0 Å². The van der Waals surface area contributed by atoms with Crippen LogP contribution in [0.2, 0.25) is 0 Å². The molecular weight excluding hydrogens is 1030 g/mol. The molecule has 9 rings (SSSR count). The molecule has 6 amide bonds. The number of aromatic nitrogens is 3. The molecule has 0 spiro atoms. The molecule has 3 atom stereocenters. The van der Waals surface area contributed by atoms with E-state index in [-0.39, 0.29) is 60.6 Å². The number of carbonyl (C=O) groups excluding carboxylic acids is 6. The number of aromatic amines is 3. The summed E-state index contributed by atoms with van der Waals surface area (Å²) in [4.78, 5) is 91.3. The number of anilines is 3. The summed E-state index contributed by atoms with van der Waals surface area (Å²) in [5.41, 5.74) is 26.9. The van der Waals surface area contributed by atoms with Crippen molar-refractivity contribution in [1.29, 1.82) is 0 Å². The number of nitrogens with one attached hydrogen (secondary N) is 9. The van der Waals surface area contributed by atoms with Crippen LogP contribution in [0.25, 0.3) is 32.7 Å². The van der Waals surface area contributed by atoms with Crippen LogP contribution in [0.15, 0.2) is 164 Å². The Morgan fingerprint density at radius 2 is 0.634 bits per heavy atom. The van der Waals surface area contributed by atoms with Crippen LogP contribution >= 0.6 is 0 Å². The van der Waals surface area contributed by atoms with Gasteiger partial charge in [-0.1, -0.05) is 91.0 Å². The van der Waals surface area contributed by atoms with Crippen molar-refractivity contribution >= 4 is 85.2 Å². The van der Waals surface area contributed by atoms with Gasteiger partial charge in [0.05, 0.1) is 19.3 Å². The molecule has 0 aliphatic rings. The van der Waals surface area contributed by atoms with Gasteiger partial charge in [-0.25, -0.2) is 0 Å². The molecule has 0 bridgehead atoms. The highest BCUT2D eigenvalue weighted by Gasteiger charge is 2.26. The highest BCUT2D eigenvalue weighted by Crippen LogP contribution is 2.34. The van der Waals surface area contributed by atoms with Crippen LogP contribution in [0.3, 0.4) is 0 Å². The van der Waals surface area contributed by atoms with E-state index in [0.29, 0.717) is 75.2 Å². The maximum atomic E-state index is 13.9. The number of fused-ring (bicyclic) bond motifs is 3. The summed E-state index contributed by atoms with van der Waals surface area (Å²) in [5, 5.41) is 20.6. The largest absolute Gasteiger partial charge is 0.361 e. The average molecular weight is 1100 g/mol. The Kier molecular flexibility index (Phi) is 19.4. The van der Waals surface area contributed by atoms with E-state index in [4.69, 9.17) is 17.2 Å². The van der Waals surface area contributed by atoms with Gasteiger partial charge in [0.25, 0.3) is 0 Å². The predicted octanol–water partition coefficient (Wildman–Crippen LogP) is 7.53. The maximum absolute atomic E-state index is 13.9. The Labute approximate surface area is 475 Å². The van der Waals surface area contributed by atoms with E-state index in [1.165, 1.54) is 0 Å². The van der Waals surface area contributed by atoms with Gasteiger partial charge in [-0.2, -0.15) is 0 Å². The van der Waals surface area contributed by atoms with Crippen molar-refractivity contribution in [2.45, 2.75) is 81.8 Å². The number of H-pyrrole nitrogens is 3. The fourth-order valence-corrected chi connectivity index (χ4v) is 10.4. The normalized spacial score (nSPS) is 12.4. The predicted molar refractivity (Wildman–Crippen MR) is 323 cm³/mol. The topological polar surface area (TPSA) is 300 Å². The van der Waals surface area contributed by atoms with Crippen molar-refractivity contribution in [2.24, 2.45) is 17.2 Å². The fourth-order valence-electron chi connectivity index (χ4n) is 10.4. The van der Waals surface area contributed by atoms with Crippen LogP contribution in [-0.2, 0) is 48.0 Å². The first kappa shape index (κ1) is 57.3. The highest BCUT2D eigenvalue weighted by atomic mass is 16.2. The van der Waals surface area contributed by atoms with E-state index in [1.807, 2.05) is 128 Å². The molecule has 82 heavy (non-hydrogen) atoms. The van der Waals surface area contributed by atoms with Crippen LogP contribution in [-0.4, -0.2) is 88.2 Å². The first-order valence-electron chi connectivity index (χ1n) is 27.8. The van der Waals surface area contributed by atoms with Crippen LogP contribution in [0.1, 0.15) is 77.8 Å². The number of nitrogens with two attached hydrogens (primary N) is 3. The summed E-state index contributed by atoms with van der Waals surface area (Å²) in [7, 11) is 0. The number of amides is 6. The van der Waals surface area contributed by atoms with E-state index < -0.39 is 18.1 Å². The van der Waals surface area contributed by atoms with Crippen molar-refractivity contribution in [3.8, 4) is 0 Å². The van der Waals surface area contributed by atoms with Crippen molar-refractivity contribution in [3.63, 3.8) is 0 Å². The molecule has 0 unspecified atom stereocenters. The molecule has 3 aromatic heterocycles. The van der Waals surface area contributed by atoms with Crippen LogP contribution in [0.5, 0.6) is 0 Å². The summed E-state index contributed by atoms with van der Waals surface area (Å²) in [6.07, 6.45) is 8.30. The summed E-state index contributed by atoms with van der Waals surface area (Å²) in [6, 6.07) is 43.0. The second-order valence-corrected chi connectivity index (χ2v) is 20.5. The van der Waals surface area contributed by atoms with Crippen LogP contribution in [0.4, 0.5) is 17.1 Å². The molecule has 0 saturated carbocycles. The third kappa shape index (κ3) is 14.7. The second-order valence-electron chi connectivity index (χ2n) is 20.5. The van der Waals surface area contributed by atoms with Crippen molar-refractivity contribution < 1.29 is 28.8 Å². The lowest BCUT2D eigenvalue weighted by Gasteiger charge is -2.22. The van der Waals surface area contributed by atoms with E-state index in [1.54, 1.807) is 36.4 Å². The SMILES string of the molecule is NCCC[C@H](NC(=O)Cc1c[nH]c2ccccc12)C(=O)Nc1ccc(C(c2ccc(NC(=O)[C@H](CCCN)NC(=O)Cc3c[nH]c4ccccc34)cc2)c2ccc(NC(=O)[C@H](CCCN)NC(=O)Cc3c[nH]c4ccccc34)cc2)cc1. The molecule has 422 valence electrons. The first-order valence-corrected chi connectivity index (χ1v) is 27.8. The van der Waals surface area contributed by atoms with E-state index in [0.717, 1.165) is 66.1 Å². The summed E-state index contributed by atoms with van der Waals surface area (Å²) < 4.78 is 0. The van der Waals surface area contributed by atoms with E-state index >= 15 is 0 Å². The number of carbonyl (C=O) groups is 6. The van der Waals surface area contributed by atoms with Gasteiger partial charge in [0.2, 0.25) is 35.4 Å². The Bertz CT molecular complexity index is 3260. The minimum atomic E-state index is -0.832. The van der Waals surface area contributed by atoms with Gasteiger partial charge in [-0.05, 0) is 146 Å². The lowest BCUT2D eigenvalue weighted by molar-refractivity contribution is -0.126. The first-order chi connectivity index (χ1) is 40.0. The molecule has 0 saturated heterocycles. The van der Waals surface area contributed by atoms with Gasteiger partial charge in [-0.15, -0.1) is 0 Å². The van der Waals surface area contributed by atoms with Gasteiger partial charge >= 0.3 is 0 Å². The standard InChI is InChI=1S/C64H70N12O6/c65-31-7-16-55(74-58(77)34-43-37-68-52-13-4-1-10-49(43)52)62(80)71-46-25-19-40(20-26-46)61(41-21-27-47(28-22-41)72-63(81)56(17-8-32-66)75-59(78)35-44-38-69-53-14-5-2-11-50(44)53)42-23-29-48(30-24-42)73-64(82)57(18-9-33-67)76-60(79)36-45-39-70-54-15-6-3-12-51(45)54/h1-6,10-15,19-30,37-39,55-57,61,68-70H,7-9,16-18,31-36,65-67H2,(H,71,80)(H,72,81)(H,73,82)(H,74,77)(H,75,78)(H,76,79)/t55-,56-,57-/m0/s1. The monoisotopic (exact) mass is 1100 g/mol. The smallest absolute Gasteiger partial charge is 0.246 e. The number of benzene rings is 6. The molecule has 3 heterocycles. The van der Waals surface area contributed by atoms with Gasteiger partial charge < -0.3 is 64.1 Å². The van der Waals surface area contributed by atoms with Gasteiger partial charge in [-0.3, -0.25) is 28.8 Å². The van der Waals surface area contributed by atoms with Crippen LogP contribution in [0, 0.1) is 0 Å². The summed E-state index contributed by atoms with van der Waals surface area (Å²) in [5.74, 6) is -2.38. The minimum absolute atomic E-state index is 0.0917. The zero-order chi connectivity index (χ0) is 57.4. The van der Waals surface area contributed by atoms with E-state index in [9.17, 15) is 28.8 Å². The Hall–Kier alpha value is -9.36.